The fourth-order valence-corrected chi connectivity index (χ4v) is 4.96. The molecular weight excluding hydrogens is 577 g/mol. The zero-order chi connectivity index (χ0) is 22.1. The summed E-state index contributed by atoms with van der Waals surface area (Å²) in [4.78, 5) is 0. The van der Waals surface area contributed by atoms with Crippen molar-refractivity contribution in [1.29, 1.82) is 0 Å². The van der Waals surface area contributed by atoms with Gasteiger partial charge in [-0.25, -0.2) is 0 Å². The van der Waals surface area contributed by atoms with Gasteiger partial charge in [0.25, 0.3) is 0 Å². The molecule has 0 saturated carbocycles. The van der Waals surface area contributed by atoms with Crippen molar-refractivity contribution in [2.24, 2.45) is 7.05 Å². The Balaban J connectivity index is 0.000000312. The van der Waals surface area contributed by atoms with Crippen LogP contribution in [0.1, 0.15) is 22.4 Å². The molecule has 0 bridgehead atoms. The summed E-state index contributed by atoms with van der Waals surface area (Å²) in [6.07, 6.45) is 2.09. The molecule has 1 heterocycles. The van der Waals surface area contributed by atoms with Crippen LogP contribution in [-0.2, 0) is 43.2 Å². The van der Waals surface area contributed by atoms with Crippen LogP contribution in [0, 0.1) is 27.0 Å². The molecule has 0 amide bonds. The van der Waals surface area contributed by atoms with E-state index in [2.05, 4.69) is 103 Å². The van der Waals surface area contributed by atoms with E-state index >= 15 is 0 Å². The van der Waals surface area contributed by atoms with Crippen LogP contribution in [0.3, 0.4) is 0 Å². The van der Waals surface area contributed by atoms with E-state index in [-0.39, 0.29) is 39.7 Å². The first-order valence-electron chi connectivity index (χ1n) is 10.7. The Labute approximate surface area is 245 Å². The third kappa shape index (κ3) is 5.65. The van der Waals surface area contributed by atoms with Gasteiger partial charge in [-0.3, -0.25) is 0 Å². The number of benzene rings is 4. The van der Waals surface area contributed by atoms with Crippen LogP contribution < -0.4 is 0 Å². The molecule has 5 heteroatoms. The van der Waals surface area contributed by atoms with Crippen LogP contribution in [0.4, 0.5) is 0 Å². The zero-order valence-corrected chi connectivity index (χ0v) is 25.9. The molecule has 1 aromatic heterocycles. The Bertz CT molecular complexity index is 1400. The second-order valence-corrected chi connectivity index (χ2v) is 8.04. The van der Waals surface area contributed by atoms with E-state index in [4.69, 9.17) is 0 Å². The van der Waals surface area contributed by atoms with Crippen LogP contribution in [0.2, 0.25) is 0 Å². The Morgan fingerprint density at radius 3 is 1.97 bits per heavy atom. The van der Waals surface area contributed by atoms with Crippen molar-refractivity contribution in [3.8, 4) is 22.3 Å². The molecule has 0 spiro atoms. The number of aryl methyl sites for hydroxylation is 1. The van der Waals surface area contributed by atoms with Gasteiger partial charge in [-0.15, -0.1) is 60.0 Å². The average Bonchev–Trinajstić information content (AvgIpc) is 3.51. The van der Waals surface area contributed by atoms with Crippen LogP contribution in [0.15, 0.2) is 84.9 Å². The molecule has 7 rings (SSSR count). The molecule has 0 atom stereocenters. The predicted octanol–water partition coefficient (Wildman–Crippen LogP) is 7.97. The molecule has 36 heavy (non-hydrogen) atoms. The fourth-order valence-electron chi connectivity index (χ4n) is 4.96. The number of hydrogen-bond acceptors (Lipinski definition) is 0. The Kier molecular flexibility index (Phi) is 12.6. The minimum atomic E-state index is 0. The molecule has 2 aliphatic rings. The van der Waals surface area contributed by atoms with Gasteiger partial charge in [0.2, 0.25) is 0 Å². The summed E-state index contributed by atoms with van der Waals surface area (Å²) >= 11 is 1.36. The molecular formula is C31H29Cl2NSiZr-4. The smallest absolute Gasteiger partial charge is 0.0253 e. The number of halogens is 2. The monoisotopic (exact) mass is 603 g/mol. The molecule has 0 unspecified atom stereocenters. The molecule has 4 aromatic carbocycles. The van der Waals surface area contributed by atoms with Crippen molar-refractivity contribution in [3.05, 3.63) is 134 Å². The molecule has 0 saturated heterocycles. The first kappa shape index (κ1) is 32.1. The van der Waals surface area contributed by atoms with Crippen molar-refractivity contribution < 1.29 is 23.3 Å². The van der Waals surface area contributed by atoms with Gasteiger partial charge in [0.15, 0.2) is 0 Å². The maximum atomic E-state index is 3.39. The van der Waals surface area contributed by atoms with Crippen LogP contribution in [0.5, 0.6) is 0 Å². The standard InChI is InChI=1S/C16H12N.C13H9.2CH3.2ClH.Si.Zr/c1-17-14-9-5-4-8-13(14)16-12-7-3-2-6-11(12)10-15(16)17;1-3-7-12-10(5-1)9-11-6-2-4-8-13(11)12;;;;;;/h2-7,9H,10H2,1H3;1-5,7-8H,9H2;2*1H3;2*1H;;/q4*-1;;;;. The number of rotatable bonds is 0. The van der Waals surface area contributed by atoms with E-state index in [1.165, 1.54) is 78.9 Å². The largest absolute Gasteiger partial charge is 0.179 e. The Hall–Kier alpha value is -1.90. The summed E-state index contributed by atoms with van der Waals surface area (Å²) in [6, 6.07) is 36.4. The number of aromatic nitrogens is 1. The topological polar surface area (TPSA) is 4.93 Å². The first-order chi connectivity index (χ1) is 15.8. The average molecular weight is 606 g/mol. The first-order valence-corrected chi connectivity index (χ1v) is 14.9. The van der Waals surface area contributed by atoms with E-state index in [0.29, 0.717) is 0 Å². The molecule has 5 aromatic rings. The Morgan fingerprint density at radius 2 is 1.25 bits per heavy atom. The van der Waals surface area contributed by atoms with E-state index in [1.54, 1.807) is 0 Å². The third-order valence-corrected chi connectivity index (χ3v) is 6.40. The van der Waals surface area contributed by atoms with E-state index < -0.39 is 0 Å². The van der Waals surface area contributed by atoms with Gasteiger partial charge >= 0.3 is 30.2 Å². The van der Waals surface area contributed by atoms with Gasteiger partial charge in [0.05, 0.1) is 0 Å². The second kappa shape index (κ2) is 14.1. The SMILES string of the molecule is Cl.Cl.Cn1c2c(c3[c-]cccc31)-c1ccccc1C2.[CH3-].[CH3-].[Si]=[Zr].[c-]1cccc2c1Cc1ccccc1-2. The van der Waals surface area contributed by atoms with Crippen LogP contribution in [0.25, 0.3) is 33.2 Å². The Morgan fingerprint density at radius 1 is 0.694 bits per heavy atom. The van der Waals surface area contributed by atoms with Crippen LogP contribution in [-0.4, -0.2) is 11.4 Å². The summed E-state index contributed by atoms with van der Waals surface area (Å²) in [5.41, 5.74) is 12.4. The summed E-state index contributed by atoms with van der Waals surface area (Å²) < 4.78 is 2.31. The van der Waals surface area contributed by atoms with E-state index in [1.807, 2.05) is 12.1 Å². The second-order valence-electron chi connectivity index (χ2n) is 8.04. The van der Waals surface area contributed by atoms with E-state index in [0.717, 1.165) is 12.8 Å². The summed E-state index contributed by atoms with van der Waals surface area (Å²) in [7, 11) is 2.15. The van der Waals surface area contributed by atoms with Crippen molar-refractivity contribution in [1.82, 2.24) is 4.57 Å². The molecule has 1 nitrogen and oxygen atoms in total. The predicted molar refractivity (Wildman–Crippen MR) is 157 cm³/mol. The number of nitrogens with zero attached hydrogens (tertiary/aromatic N) is 1. The number of hydrogen-bond donors (Lipinski definition) is 0. The molecule has 0 fully saturated rings. The van der Waals surface area contributed by atoms with Crippen molar-refractivity contribution >= 4 is 42.6 Å². The fraction of sp³-hybridized carbons (Fsp3) is 0.0968. The minimum absolute atomic E-state index is 0. The van der Waals surface area contributed by atoms with Crippen molar-refractivity contribution in [2.75, 3.05) is 0 Å². The van der Waals surface area contributed by atoms with Gasteiger partial charge < -0.3 is 19.4 Å². The normalized spacial score (nSPS) is 10.6. The summed E-state index contributed by atoms with van der Waals surface area (Å²) in [6.45, 7) is 3.06. The maximum Gasteiger partial charge on any atom is -0.0253 e. The number of fused-ring (bicyclic) bond motifs is 8. The molecule has 2 radical (unpaired) electrons. The van der Waals surface area contributed by atoms with Crippen molar-refractivity contribution in [3.63, 3.8) is 0 Å². The van der Waals surface area contributed by atoms with Gasteiger partial charge in [-0.1, -0.05) is 70.8 Å². The van der Waals surface area contributed by atoms with Crippen LogP contribution >= 0.6 is 24.8 Å². The molecule has 2 aliphatic carbocycles. The van der Waals surface area contributed by atoms with Gasteiger partial charge in [-0.2, -0.15) is 29.8 Å². The quantitative estimate of drug-likeness (QED) is 0.122. The zero-order valence-electron chi connectivity index (χ0n) is 20.8. The van der Waals surface area contributed by atoms with E-state index in [9.17, 15) is 0 Å². The molecule has 0 aliphatic heterocycles. The van der Waals surface area contributed by atoms with Gasteiger partial charge in [-0.05, 0) is 23.2 Å². The van der Waals surface area contributed by atoms with Gasteiger partial charge in [0, 0.05) is 13.5 Å². The maximum absolute atomic E-state index is 3.39. The summed E-state index contributed by atoms with van der Waals surface area (Å²) in [5.74, 6) is 0. The summed E-state index contributed by atoms with van der Waals surface area (Å²) in [5, 5.41) is 1.26. The molecule has 184 valence electrons. The minimum Gasteiger partial charge on any atom is -0.179 e. The third-order valence-electron chi connectivity index (χ3n) is 6.40. The van der Waals surface area contributed by atoms with Crippen molar-refractivity contribution in [2.45, 2.75) is 12.8 Å². The molecule has 0 N–H and O–H groups in total. The van der Waals surface area contributed by atoms with Gasteiger partial charge in [0.1, 0.15) is 0 Å².